The van der Waals surface area contributed by atoms with Crippen molar-refractivity contribution in [2.75, 3.05) is 13.6 Å². The molecule has 1 atom stereocenters. The molecular weight excluding hydrogens is 339 g/mol. The Morgan fingerprint density at radius 3 is 2.70 bits per heavy atom. The lowest BCUT2D eigenvalue weighted by molar-refractivity contribution is -0.154. The molecule has 1 rings (SSSR count). The molecule has 23 heavy (non-hydrogen) atoms. The van der Waals surface area contributed by atoms with E-state index in [0.29, 0.717) is 15.6 Å². The van der Waals surface area contributed by atoms with E-state index in [2.05, 4.69) is 0 Å². The molecule has 0 spiro atoms. The molecule has 0 heterocycles. The number of amides is 1. The zero-order valence-corrected chi connectivity index (χ0v) is 14.3. The fourth-order valence-corrected chi connectivity index (χ4v) is 1.99. The third-order valence-electron chi connectivity index (χ3n) is 2.93. The van der Waals surface area contributed by atoms with E-state index in [1.807, 2.05) is 6.07 Å². The summed E-state index contributed by atoms with van der Waals surface area (Å²) in [5, 5.41) is 9.30. The van der Waals surface area contributed by atoms with Gasteiger partial charge in [0.2, 0.25) is 0 Å². The van der Waals surface area contributed by atoms with Gasteiger partial charge in [-0.05, 0) is 30.7 Å². The van der Waals surface area contributed by atoms with Crippen LogP contribution in [0, 0.1) is 11.3 Å². The quantitative estimate of drug-likeness (QED) is 0.580. The highest BCUT2D eigenvalue weighted by molar-refractivity contribution is 6.42. The number of ether oxygens (including phenoxy) is 1. The Balaban J connectivity index is 2.58. The molecule has 0 aromatic heterocycles. The van der Waals surface area contributed by atoms with Gasteiger partial charge in [-0.3, -0.25) is 4.79 Å². The molecule has 0 fully saturated rings. The largest absolute Gasteiger partial charge is 0.449 e. The summed E-state index contributed by atoms with van der Waals surface area (Å²) in [6.45, 7) is 1.77. The number of nitriles is 1. The number of likely N-dealkylation sites (N-methyl/N-ethyl adjacent to an activating group) is 1. The van der Waals surface area contributed by atoms with E-state index in [1.165, 1.54) is 24.0 Å². The van der Waals surface area contributed by atoms with Gasteiger partial charge in [0.1, 0.15) is 0 Å². The average molecular weight is 355 g/mol. The first kappa shape index (κ1) is 19.0. The first-order chi connectivity index (χ1) is 10.8. The molecule has 0 aliphatic carbocycles. The maximum absolute atomic E-state index is 11.9. The second kappa shape index (κ2) is 9.19. The molecule has 122 valence electrons. The summed E-state index contributed by atoms with van der Waals surface area (Å²) in [6, 6.07) is 6.87. The highest BCUT2D eigenvalue weighted by Gasteiger charge is 2.20. The molecular formula is C16H16Cl2N2O3. The minimum absolute atomic E-state index is 0.222. The van der Waals surface area contributed by atoms with E-state index in [0.717, 1.165) is 0 Å². The Kier molecular flexibility index (Phi) is 7.60. The van der Waals surface area contributed by atoms with Crippen LogP contribution in [-0.4, -0.2) is 36.5 Å². The van der Waals surface area contributed by atoms with Gasteiger partial charge in [-0.1, -0.05) is 29.3 Å². The van der Waals surface area contributed by atoms with Crippen LogP contribution in [0.2, 0.25) is 10.0 Å². The van der Waals surface area contributed by atoms with E-state index in [9.17, 15) is 9.59 Å². The molecule has 1 aromatic carbocycles. The normalized spacial score (nSPS) is 11.8. The Bertz CT molecular complexity index is 653. The topological polar surface area (TPSA) is 70.4 Å². The summed E-state index contributed by atoms with van der Waals surface area (Å²) in [5.74, 6) is -1.01. The molecule has 1 amide bonds. The lowest BCUT2D eigenvalue weighted by atomic mass is 10.2. The van der Waals surface area contributed by atoms with Gasteiger partial charge >= 0.3 is 5.97 Å². The van der Waals surface area contributed by atoms with Crippen molar-refractivity contribution in [1.29, 1.82) is 5.26 Å². The van der Waals surface area contributed by atoms with Crippen molar-refractivity contribution < 1.29 is 14.3 Å². The van der Waals surface area contributed by atoms with Crippen LogP contribution in [0.15, 0.2) is 24.3 Å². The third kappa shape index (κ3) is 6.31. The van der Waals surface area contributed by atoms with Crippen molar-refractivity contribution in [3.63, 3.8) is 0 Å². The highest BCUT2D eigenvalue weighted by atomic mass is 35.5. The summed E-state index contributed by atoms with van der Waals surface area (Å²) in [4.78, 5) is 25.0. The molecule has 0 saturated carbocycles. The van der Waals surface area contributed by atoms with Gasteiger partial charge in [-0.2, -0.15) is 5.26 Å². The van der Waals surface area contributed by atoms with Crippen molar-refractivity contribution >= 4 is 41.2 Å². The number of hydrogen-bond acceptors (Lipinski definition) is 4. The van der Waals surface area contributed by atoms with Gasteiger partial charge in [0.25, 0.3) is 5.91 Å². The number of hydrogen-bond donors (Lipinski definition) is 0. The Labute approximate surface area is 145 Å². The number of nitrogens with zero attached hydrogens (tertiary/aromatic N) is 2. The molecule has 0 N–H and O–H groups in total. The number of esters is 1. The Hall–Kier alpha value is -2.03. The number of benzene rings is 1. The van der Waals surface area contributed by atoms with E-state index in [-0.39, 0.29) is 18.9 Å². The first-order valence-electron chi connectivity index (χ1n) is 6.80. The van der Waals surface area contributed by atoms with Crippen LogP contribution in [0.4, 0.5) is 0 Å². The van der Waals surface area contributed by atoms with Crippen molar-refractivity contribution in [1.82, 2.24) is 4.90 Å². The molecule has 0 unspecified atom stereocenters. The number of carbonyl (C=O) groups excluding carboxylic acids is 2. The zero-order valence-electron chi connectivity index (χ0n) is 12.8. The summed E-state index contributed by atoms with van der Waals surface area (Å²) in [6.07, 6.45) is 2.02. The molecule has 0 aliphatic rings. The smallest absolute Gasteiger partial charge is 0.331 e. The fraction of sp³-hybridized carbons (Fsp3) is 0.312. The maximum atomic E-state index is 11.9. The van der Waals surface area contributed by atoms with E-state index >= 15 is 0 Å². The highest BCUT2D eigenvalue weighted by Crippen LogP contribution is 2.23. The van der Waals surface area contributed by atoms with Crippen LogP contribution in [0.25, 0.3) is 6.08 Å². The Morgan fingerprint density at radius 1 is 1.39 bits per heavy atom. The SMILES string of the molecule is C[C@H](OC(=O)/C=C/c1ccc(Cl)c(Cl)c1)C(=O)N(C)CCC#N. The van der Waals surface area contributed by atoms with Gasteiger partial charge in [-0.15, -0.1) is 0 Å². The average Bonchev–Trinajstić information content (AvgIpc) is 2.52. The molecule has 7 heteroatoms. The number of carbonyl (C=O) groups is 2. The Morgan fingerprint density at radius 2 is 2.09 bits per heavy atom. The van der Waals surface area contributed by atoms with Crippen LogP contribution in [0.1, 0.15) is 18.9 Å². The molecule has 0 radical (unpaired) electrons. The monoisotopic (exact) mass is 354 g/mol. The molecule has 5 nitrogen and oxygen atoms in total. The minimum atomic E-state index is -0.926. The van der Waals surface area contributed by atoms with Crippen LogP contribution < -0.4 is 0 Å². The van der Waals surface area contributed by atoms with Crippen molar-refractivity contribution in [3.05, 3.63) is 39.9 Å². The van der Waals surface area contributed by atoms with Gasteiger partial charge in [0, 0.05) is 19.7 Å². The van der Waals surface area contributed by atoms with E-state index in [4.69, 9.17) is 33.2 Å². The summed E-state index contributed by atoms with van der Waals surface area (Å²) >= 11 is 11.7. The summed E-state index contributed by atoms with van der Waals surface area (Å²) in [5.41, 5.74) is 0.682. The predicted molar refractivity (Wildman–Crippen MR) is 88.9 cm³/mol. The molecule has 0 saturated heterocycles. The first-order valence-corrected chi connectivity index (χ1v) is 7.56. The van der Waals surface area contributed by atoms with Crippen molar-refractivity contribution in [3.8, 4) is 6.07 Å². The molecule has 0 bridgehead atoms. The zero-order chi connectivity index (χ0) is 17.4. The van der Waals surface area contributed by atoms with Gasteiger partial charge < -0.3 is 9.64 Å². The van der Waals surface area contributed by atoms with Gasteiger partial charge in [-0.25, -0.2) is 4.79 Å². The second-order valence-electron chi connectivity index (χ2n) is 4.75. The lowest BCUT2D eigenvalue weighted by Gasteiger charge is -2.19. The van der Waals surface area contributed by atoms with Gasteiger partial charge in [0.15, 0.2) is 6.10 Å². The minimum Gasteiger partial charge on any atom is -0.449 e. The third-order valence-corrected chi connectivity index (χ3v) is 3.67. The molecule has 0 aliphatic heterocycles. The van der Waals surface area contributed by atoms with E-state index < -0.39 is 12.1 Å². The predicted octanol–water partition coefficient (Wildman–Crippen LogP) is 3.31. The van der Waals surface area contributed by atoms with Crippen LogP contribution in [0.5, 0.6) is 0 Å². The summed E-state index contributed by atoms with van der Waals surface area (Å²) in [7, 11) is 1.55. The standard InChI is InChI=1S/C16H16Cl2N2O3/c1-11(16(22)20(2)9-3-8-19)23-15(21)7-5-12-4-6-13(17)14(18)10-12/h4-7,10-11H,3,9H2,1-2H3/b7-5+/t11-/m0/s1. The van der Waals surface area contributed by atoms with Gasteiger partial charge in [0.05, 0.1) is 22.5 Å². The summed E-state index contributed by atoms with van der Waals surface area (Å²) < 4.78 is 5.03. The number of rotatable bonds is 6. The second-order valence-corrected chi connectivity index (χ2v) is 5.57. The molecule has 1 aromatic rings. The van der Waals surface area contributed by atoms with Crippen LogP contribution in [-0.2, 0) is 14.3 Å². The van der Waals surface area contributed by atoms with Crippen LogP contribution in [0.3, 0.4) is 0 Å². The van der Waals surface area contributed by atoms with Crippen molar-refractivity contribution in [2.24, 2.45) is 0 Å². The number of halogens is 2. The van der Waals surface area contributed by atoms with Crippen LogP contribution >= 0.6 is 23.2 Å². The maximum Gasteiger partial charge on any atom is 0.331 e. The van der Waals surface area contributed by atoms with E-state index in [1.54, 1.807) is 25.2 Å². The fourth-order valence-electron chi connectivity index (χ4n) is 1.68. The lowest BCUT2D eigenvalue weighted by Crippen LogP contribution is -2.37. The van der Waals surface area contributed by atoms with Crippen molar-refractivity contribution in [2.45, 2.75) is 19.4 Å².